The monoisotopic (exact) mass is 365 g/mol. The zero-order valence-electron chi connectivity index (χ0n) is 14.7. The van der Waals surface area contributed by atoms with Gasteiger partial charge in [0.25, 0.3) is 5.91 Å². The maximum Gasteiger partial charge on any atom is 0.261 e. The first-order valence-corrected chi connectivity index (χ1v) is 9.30. The lowest BCUT2D eigenvalue weighted by Crippen LogP contribution is -2.27. The fourth-order valence-corrected chi connectivity index (χ4v) is 4.13. The molecule has 0 saturated carbocycles. The summed E-state index contributed by atoms with van der Waals surface area (Å²) in [4.78, 5) is 13.1. The smallest absolute Gasteiger partial charge is 0.261 e. The second-order valence-electron chi connectivity index (χ2n) is 6.15. The van der Waals surface area contributed by atoms with E-state index in [1.54, 1.807) is 6.26 Å². The molecule has 0 atom stereocenters. The van der Waals surface area contributed by atoms with E-state index >= 15 is 0 Å². The Morgan fingerprint density at radius 2 is 2.08 bits per heavy atom. The van der Waals surface area contributed by atoms with Gasteiger partial charge in [-0.25, -0.2) is 0 Å². The van der Waals surface area contributed by atoms with Crippen molar-refractivity contribution in [3.8, 4) is 11.3 Å². The van der Waals surface area contributed by atoms with E-state index in [1.165, 1.54) is 11.3 Å². The largest absolute Gasteiger partial charge is 0.464 e. The van der Waals surface area contributed by atoms with Gasteiger partial charge >= 0.3 is 0 Å². The first kappa shape index (κ1) is 16.6. The van der Waals surface area contributed by atoms with Crippen molar-refractivity contribution in [1.29, 1.82) is 0 Å². The fourth-order valence-electron chi connectivity index (χ4n) is 3.15. The van der Waals surface area contributed by atoms with Gasteiger partial charge in [0.05, 0.1) is 28.9 Å². The lowest BCUT2D eigenvalue weighted by molar-refractivity contribution is 0.0956. The lowest BCUT2D eigenvalue weighted by atomic mass is 10.1. The number of rotatable bonds is 5. The molecule has 132 valence electrons. The van der Waals surface area contributed by atoms with E-state index in [2.05, 4.69) is 10.4 Å². The quantitative estimate of drug-likeness (QED) is 0.570. The Balaban J connectivity index is 1.43. The fraction of sp³-hybridized carbons (Fsp3) is 0.200. The van der Waals surface area contributed by atoms with Crippen molar-refractivity contribution in [3.05, 3.63) is 65.0 Å². The van der Waals surface area contributed by atoms with E-state index in [-0.39, 0.29) is 5.91 Å². The first-order valence-electron chi connectivity index (χ1n) is 8.48. The van der Waals surface area contributed by atoms with Crippen LogP contribution in [0, 0.1) is 13.8 Å². The number of carbonyl (C=O) groups excluding carboxylic acids is 1. The molecule has 0 saturated heterocycles. The molecular weight excluding hydrogens is 346 g/mol. The zero-order valence-corrected chi connectivity index (χ0v) is 15.5. The molecule has 0 fully saturated rings. The molecule has 4 aromatic rings. The highest BCUT2D eigenvalue weighted by molar-refractivity contribution is 7.20. The number of carbonyl (C=O) groups is 1. The van der Waals surface area contributed by atoms with Crippen LogP contribution in [0.25, 0.3) is 21.4 Å². The highest BCUT2D eigenvalue weighted by atomic mass is 32.1. The summed E-state index contributed by atoms with van der Waals surface area (Å²) in [6.45, 7) is 5.12. The number of thiophene rings is 1. The highest BCUT2D eigenvalue weighted by Gasteiger charge is 2.16. The number of furan rings is 1. The summed E-state index contributed by atoms with van der Waals surface area (Å²) in [6, 6.07) is 13.8. The Labute approximate surface area is 155 Å². The van der Waals surface area contributed by atoms with Crippen LogP contribution < -0.4 is 5.32 Å². The van der Waals surface area contributed by atoms with Crippen molar-refractivity contribution in [1.82, 2.24) is 15.1 Å². The molecule has 4 rings (SSSR count). The molecule has 0 aliphatic heterocycles. The number of aromatic nitrogens is 2. The van der Waals surface area contributed by atoms with E-state index < -0.39 is 0 Å². The van der Waals surface area contributed by atoms with Gasteiger partial charge in [-0.3, -0.25) is 9.48 Å². The van der Waals surface area contributed by atoms with E-state index in [0.717, 1.165) is 37.7 Å². The Morgan fingerprint density at radius 3 is 2.85 bits per heavy atom. The number of nitrogens with one attached hydrogen (secondary N) is 1. The van der Waals surface area contributed by atoms with Gasteiger partial charge in [-0.05, 0) is 43.5 Å². The van der Waals surface area contributed by atoms with Crippen molar-refractivity contribution in [2.45, 2.75) is 20.4 Å². The van der Waals surface area contributed by atoms with Crippen LogP contribution in [0.1, 0.15) is 21.1 Å². The molecule has 1 aromatic carbocycles. The molecule has 3 heterocycles. The normalized spacial score (nSPS) is 11.2. The maximum atomic E-state index is 12.4. The molecule has 0 aliphatic carbocycles. The number of amides is 1. The molecule has 26 heavy (non-hydrogen) atoms. The number of hydrogen-bond acceptors (Lipinski definition) is 4. The highest BCUT2D eigenvalue weighted by Crippen LogP contribution is 2.27. The predicted octanol–water partition coefficient (Wildman–Crippen LogP) is 4.40. The summed E-state index contributed by atoms with van der Waals surface area (Å²) < 4.78 is 8.54. The summed E-state index contributed by atoms with van der Waals surface area (Å²) in [5.74, 6) is 0.777. The molecule has 0 aliphatic rings. The van der Waals surface area contributed by atoms with Gasteiger partial charge in [-0.15, -0.1) is 11.3 Å². The minimum absolute atomic E-state index is 0.0426. The van der Waals surface area contributed by atoms with Crippen molar-refractivity contribution < 1.29 is 9.21 Å². The van der Waals surface area contributed by atoms with E-state index in [0.29, 0.717) is 13.1 Å². The van der Waals surface area contributed by atoms with E-state index in [9.17, 15) is 4.79 Å². The summed E-state index contributed by atoms with van der Waals surface area (Å²) >= 11 is 1.51. The number of benzene rings is 1. The van der Waals surface area contributed by atoms with Crippen molar-refractivity contribution in [2.75, 3.05) is 6.54 Å². The minimum Gasteiger partial charge on any atom is -0.464 e. The number of fused-ring (bicyclic) bond motifs is 1. The van der Waals surface area contributed by atoms with Gasteiger partial charge in [0.15, 0.2) is 0 Å². The van der Waals surface area contributed by atoms with Gasteiger partial charge < -0.3 is 9.73 Å². The molecule has 0 spiro atoms. The van der Waals surface area contributed by atoms with Crippen LogP contribution in [0.15, 0.2) is 53.1 Å². The van der Waals surface area contributed by atoms with Crippen LogP contribution in [-0.4, -0.2) is 22.2 Å². The topological polar surface area (TPSA) is 60.1 Å². The van der Waals surface area contributed by atoms with Crippen molar-refractivity contribution in [3.63, 3.8) is 0 Å². The Morgan fingerprint density at radius 1 is 1.23 bits per heavy atom. The van der Waals surface area contributed by atoms with E-state index in [4.69, 9.17) is 4.42 Å². The Hall–Kier alpha value is -2.86. The standard InChI is InChI=1S/C20H19N3O2S/c1-13-19(16-7-5-11-25-16)14(2)23(22-13)10-9-21-20(24)18-12-15-6-3-4-8-17(15)26-18/h3-8,11-12H,9-10H2,1-2H3,(H,21,24). The Bertz CT molecular complexity index is 1030. The zero-order chi connectivity index (χ0) is 18.1. The van der Waals surface area contributed by atoms with Crippen LogP contribution in [0.2, 0.25) is 0 Å². The molecule has 5 nitrogen and oxygen atoms in total. The van der Waals surface area contributed by atoms with Gasteiger partial charge in [0.2, 0.25) is 0 Å². The SMILES string of the molecule is Cc1nn(CCNC(=O)c2cc3ccccc3s2)c(C)c1-c1ccco1. The molecule has 1 amide bonds. The predicted molar refractivity (Wildman–Crippen MR) is 104 cm³/mol. The number of aryl methyl sites for hydroxylation is 1. The number of nitrogens with zero attached hydrogens (tertiary/aromatic N) is 2. The lowest BCUT2D eigenvalue weighted by Gasteiger charge is -2.06. The first-order chi connectivity index (χ1) is 12.6. The average molecular weight is 365 g/mol. The second-order valence-corrected chi connectivity index (χ2v) is 7.23. The van der Waals surface area contributed by atoms with Gasteiger partial charge in [0, 0.05) is 16.9 Å². The van der Waals surface area contributed by atoms with Gasteiger partial charge in [0.1, 0.15) is 5.76 Å². The Kier molecular flexibility index (Phi) is 4.34. The van der Waals surface area contributed by atoms with Crippen molar-refractivity contribution >= 4 is 27.3 Å². The van der Waals surface area contributed by atoms with Gasteiger partial charge in [-0.1, -0.05) is 18.2 Å². The third kappa shape index (κ3) is 3.04. The molecule has 6 heteroatoms. The average Bonchev–Trinajstić information content (AvgIpc) is 3.34. The van der Waals surface area contributed by atoms with Crippen molar-refractivity contribution in [2.24, 2.45) is 0 Å². The molecule has 0 bridgehead atoms. The molecule has 1 N–H and O–H groups in total. The summed E-state index contributed by atoms with van der Waals surface area (Å²) in [5.41, 5.74) is 2.98. The maximum absolute atomic E-state index is 12.4. The number of hydrogen-bond donors (Lipinski definition) is 1. The summed E-state index contributed by atoms with van der Waals surface area (Å²) in [7, 11) is 0. The van der Waals surface area contributed by atoms with Crippen LogP contribution in [-0.2, 0) is 6.54 Å². The van der Waals surface area contributed by atoms with Crippen LogP contribution in [0.5, 0.6) is 0 Å². The van der Waals surface area contributed by atoms with Crippen LogP contribution in [0.4, 0.5) is 0 Å². The molecule has 3 aromatic heterocycles. The summed E-state index contributed by atoms with van der Waals surface area (Å²) in [6.07, 6.45) is 1.66. The van der Waals surface area contributed by atoms with Gasteiger partial charge in [-0.2, -0.15) is 5.10 Å². The third-order valence-electron chi connectivity index (χ3n) is 4.41. The van der Waals surface area contributed by atoms with Crippen LogP contribution >= 0.6 is 11.3 Å². The minimum atomic E-state index is -0.0426. The summed E-state index contributed by atoms with van der Waals surface area (Å²) in [5, 5.41) is 8.67. The molecule has 0 unspecified atom stereocenters. The third-order valence-corrected chi connectivity index (χ3v) is 5.52. The van der Waals surface area contributed by atoms with E-state index in [1.807, 2.05) is 61.0 Å². The second kappa shape index (κ2) is 6.80. The molecular formula is C20H19N3O2S. The van der Waals surface area contributed by atoms with Crippen LogP contribution in [0.3, 0.4) is 0 Å². The molecule has 0 radical (unpaired) electrons.